The van der Waals surface area contributed by atoms with Gasteiger partial charge in [0, 0.05) is 16.0 Å². The summed E-state index contributed by atoms with van der Waals surface area (Å²) in [6.45, 7) is 3.89. The summed E-state index contributed by atoms with van der Waals surface area (Å²) in [6.07, 6.45) is 0. The fraction of sp³-hybridized carbons (Fsp3) is 0.167. The molecule has 17 heavy (non-hydrogen) atoms. The molecule has 88 valence electrons. The van der Waals surface area contributed by atoms with E-state index in [-0.39, 0.29) is 0 Å². The molecule has 0 aliphatic carbocycles. The standard InChI is InChI=1S/C12H11BrN2OS/c1-6-8(11(14)16)4-3-5-9(6)12-15-10(13)7(2)17-12/h3-5H,1-2H3,(H2,14,16). The second-order valence-electron chi connectivity index (χ2n) is 3.71. The Morgan fingerprint density at radius 3 is 2.65 bits per heavy atom. The zero-order chi connectivity index (χ0) is 12.6. The topological polar surface area (TPSA) is 56.0 Å². The number of carbonyl (C=O) groups is 1. The van der Waals surface area contributed by atoms with Crippen molar-refractivity contribution in [2.45, 2.75) is 13.8 Å². The molecular weight excluding hydrogens is 300 g/mol. The summed E-state index contributed by atoms with van der Waals surface area (Å²) in [5, 5.41) is 0.898. The summed E-state index contributed by atoms with van der Waals surface area (Å²) >= 11 is 4.98. The van der Waals surface area contributed by atoms with Gasteiger partial charge in [-0.15, -0.1) is 11.3 Å². The van der Waals surface area contributed by atoms with Gasteiger partial charge in [-0.05, 0) is 41.4 Å². The lowest BCUT2D eigenvalue weighted by Crippen LogP contribution is -2.12. The van der Waals surface area contributed by atoms with Crippen LogP contribution in [0.4, 0.5) is 0 Å². The summed E-state index contributed by atoms with van der Waals surface area (Å²) in [5.41, 5.74) is 7.71. The molecule has 0 saturated heterocycles. The van der Waals surface area contributed by atoms with E-state index in [1.54, 1.807) is 17.4 Å². The third-order valence-electron chi connectivity index (χ3n) is 2.57. The van der Waals surface area contributed by atoms with Gasteiger partial charge in [-0.2, -0.15) is 0 Å². The van der Waals surface area contributed by atoms with Gasteiger partial charge >= 0.3 is 0 Å². The molecule has 0 aliphatic rings. The van der Waals surface area contributed by atoms with Gasteiger partial charge in [0.15, 0.2) is 0 Å². The van der Waals surface area contributed by atoms with E-state index in [0.29, 0.717) is 5.56 Å². The third-order valence-corrected chi connectivity index (χ3v) is 4.61. The Kier molecular flexibility index (Phi) is 3.31. The minimum atomic E-state index is -0.406. The van der Waals surface area contributed by atoms with E-state index in [4.69, 9.17) is 5.73 Å². The quantitative estimate of drug-likeness (QED) is 0.925. The number of benzene rings is 1. The highest BCUT2D eigenvalue weighted by Crippen LogP contribution is 2.33. The van der Waals surface area contributed by atoms with E-state index in [1.165, 1.54) is 0 Å². The van der Waals surface area contributed by atoms with Crippen LogP contribution < -0.4 is 5.73 Å². The molecule has 2 N–H and O–H groups in total. The number of nitrogens with zero attached hydrogens (tertiary/aromatic N) is 1. The molecule has 0 unspecified atom stereocenters. The zero-order valence-electron chi connectivity index (χ0n) is 9.45. The Hall–Kier alpha value is -1.20. The molecule has 0 spiro atoms. The predicted molar refractivity (Wildman–Crippen MR) is 73.2 cm³/mol. The molecular formula is C12H11BrN2OS. The van der Waals surface area contributed by atoms with Crippen molar-refractivity contribution in [1.29, 1.82) is 0 Å². The normalized spacial score (nSPS) is 10.5. The van der Waals surface area contributed by atoms with Crippen LogP contribution in [0.15, 0.2) is 22.8 Å². The maximum absolute atomic E-state index is 11.3. The Morgan fingerprint density at radius 2 is 2.12 bits per heavy atom. The fourth-order valence-electron chi connectivity index (χ4n) is 1.63. The van der Waals surface area contributed by atoms with Gasteiger partial charge in [-0.1, -0.05) is 12.1 Å². The van der Waals surface area contributed by atoms with E-state index >= 15 is 0 Å². The second kappa shape index (κ2) is 4.58. The molecule has 0 saturated carbocycles. The van der Waals surface area contributed by atoms with Crippen LogP contribution in [0.5, 0.6) is 0 Å². The summed E-state index contributed by atoms with van der Waals surface area (Å²) in [6, 6.07) is 5.51. The van der Waals surface area contributed by atoms with Crippen LogP contribution in [0.25, 0.3) is 10.6 Å². The van der Waals surface area contributed by atoms with Crippen molar-refractivity contribution in [3.8, 4) is 10.6 Å². The molecule has 0 radical (unpaired) electrons. The van der Waals surface area contributed by atoms with Gasteiger partial charge in [0.2, 0.25) is 5.91 Å². The van der Waals surface area contributed by atoms with Gasteiger partial charge in [-0.25, -0.2) is 4.98 Å². The van der Waals surface area contributed by atoms with Crippen LogP contribution in [0.1, 0.15) is 20.8 Å². The molecule has 1 aromatic heterocycles. The average molecular weight is 311 g/mol. The Labute approximate surface area is 112 Å². The van der Waals surface area contributed by atoms with E-state index < -0.39 is 5.91 Å². The Balaban J connectivity index is 2.60. The summed E-state index contributed by atoms with van der Waals surface area (Å²) in [4.78, 5) is 16.8. The number of aryl methyl sites for hydroxylation is 1. The van der Waals surface area contributed by atoms with E-state index in [9.17, 15) is 4.79 Å². The van der Waals surface area contributed by atoms with E-state index in [0.717, 1.165) is 25.6 Å². The van der Waals surface area contributed by atoms with Crippen molar-refractivity contribution in [3.05, 3.63) is 38.8 Å². The van der Waals surface area contributed by atoms with Crippen LogP contribution in [0, 0.1) is 13.8 Å². The van der Waals surface area contributed by atoms with Crippen LogP contribution in [0.3, 0.4) is 0 Å². The third kappa shape index (κ3) is 2.25. The average Bonchev–Trinajstić information content (AvgIpc) is 2.59. The molecule has 1 heterocycles. The number of hydrogen-bond acceptors (Lipinski definition) is 3. The number of thiazole rings is 1. The van der Waals surface area contributed by atoms with Crippen molar-refractivity contribution in [3.63, 3.8) is 0 Å². The molecule has 0 atom stereocenters. The molecule has 3 nitrogen and oxygen atoms in total. The largest absolute Gasteiger partial charge is 0.366 e. The Bertz CT molecular complexity index is 573. The summed E-state index contributed by atoms with van der Waals surface area (Å²) in [5.74, 6) is -0.406. The molecule has 1 aromatic carbocycles. The van der Waals surface area contributed by atoms with Crippen molar-refractivity contribution in [2.24, 2.45) is 5.73 Å². The van der Waals surface area contributed by atoms with Crippen molar-refractivity contribution in [2.75, 3.05) is 0 Å². The molecule has 2 aromatic rings. The smallest absolute Gasteiger partial charge is 0.248 e. The first-order valence-electron chi connectivity index (χ1n) is 5.03. The highest BCUT2D eigenvalue weighted by molar-refractivity contribution is 9.10. The first kappa shape index (κ1) is 12.3. The minimum Gasteiger partial charge on any atom is -0.366 e. The van der Waals surface area contributed by atoms with E-state index in [1.807, 2.05) is 26.0 Å². The molecule has 0 bridgehead atoms. The molecule has 5 heteroatoms. The summed E-state index contributed by atoms with van der Waals surface area (Å²) < 4.78 is 0.848. The number of primary amides is 1. The Morgan fingerprint density at radius 1 is 1.41 bits per heavy atom. The van der Waals surface area contributed by atoms with Gasteiger partial charge in [0.05, 0.1) is 0 Å². The number of halogens is 1. The van der Waals surface area contributed by atoms with Gasteiger partial charge in [0.1, 0.15) is 9.61 Å². The maximum Gasteiger partial charge on any atom is 0.248 e. The van der Waals surface area contributed by atoms with Crippen LogP contribution in [0.2, 0.25) is 0 Å². The van der Waals surface area contributed by atoms with Crippen LogP contribution in [-0.4, -0.2) is 10.9 Å². The number of carbonyl (C=O) groups excluding carboxylic acids is 1. The van der Waals surface area contributed by atoms with E-state index in [2.05, 4.69) is 20.9 Å². The highest BCUT2D eigenvalue weighted by Gasteiger charge is 2.13. The van der Waals surface area contributed by atoms with Gasteiger partial charge < -0.3 is 5.73 Å². The summed E-state index contributed by atoms with van der Waals surface area (Å²) in [7, 11) is 0. The fourth-order valence-corrected chi connectivity index (χ4v) is 3.05. The first-order valence-corrected chi connectivity index (χ1v) is 6.64. The van der Waals surface area contributed by atoms with Crippen LogP contribution >= 0.6 is 27.3 Å². The first-order chi connectivity index (χ1) is 8.00. The zero-order valence-corrected chi connectivity index (χ0v) is 11.9. The molecule has 2 rings (SSSR count). The lowest BCUT2D eigenvalue weighted by atomic mass is 10.0. The molecule has 0 fully saturated rings. The number of aromatic nitrogens is 1. The number of nitrogens with two attached hydrogens (primary N) is 1. The second-order valence-corrected chi connectivity index (χ2v) is 5.66. The lowest BCUT2D eigenvalue weighted by molar-refractivity contribution is 0.1000. The lowest BCUT2D eigenvalue weighted by Gasteiger charge is -2.06. The molecule has 0 aliphatic heterocycles. The number of amides is 1. The maximum atomic E-state index is 11.3. The molecule has 1 amide bonds. The minimum absolute atomic E-state index is 0.406. The van der Waals surface area contributed by atoms with Crippen LogP contribution in [-0.2, 0) is 0 Å². The predicted octanol–water partition coefficient (Wildman–Crippen LogP) is 3.29. The SMILES string of the molecule is Cc1sc(-c2cccc(C(N)=O)c2C)nc1Br. The number of rotatable bonds is 2. The monoisotopic (exact) mass is 310 g/mol. The van der Waals surface area contributed by atoms with Crippen molar-refractivity contribution in [1.82, 2.24) is 4.98 Å². The van der Waals surface area contributed by atoms with Crippen molar-refractivity contribution < 1.29 is 4.79 Å². The highest BCUT2D eigenvalue weighted by atomic mass is 79.9. The number of hydrogen-bond donors (Lipinski definition) is 1. The van der Waals surface area contributed by atoms with Gasteiger partial charge in [0.25, 0.3) is 0 Å². The van der Waals surface area contributed by atoms with Gasteiger partial charge in [-0.3, -0.25) is 4.79 Å². The van der Waals surface area contributed by atoms with Crippen molar-refractivity contribution >= 4 is 33.2 Å².